The van der Waals surface area contributed by atoms with Crippen LogP contribution in [0, 0.1) is 10.8 Å². The van der Waals surface area contributed by atoms with Crippen LogP contribution in [0.25, 0.3) is 0 Å². The van der Waals surface area contributed by atoms with Crippen LogP contribution in [0.3, 0.4) is 0 Å². The van der Waals surface area contributed by atoms with Gasteiger partial charge < -0.3 is 15.7 Å². The van der Waals surface area contributed by atoms with Gasteiger partial charge in [-0.15, -0.1) is 0 Å². The smallest absolute Gasteiger partial charge is 0.0963 e. The number of hydrogen-bond acceptors (Lipinski definition) is 3. The molecule has 0 unspecified atom stereocenters. The van der Waals surface area contributed by atoms with Crippen molar-refractivity contribution >= 4 is 5.84 Å². The fourth-order valence-electron chi connectivity index (χ4n) is 1.74. The Hall–Kier alpha value is -0.610. The average molecular weight is 243 g/mol. The molecule has 0 rings (SSSR count). The average Bonchev–Trinajstić information content (AvgIpc) is 2.25. The molecular weight excluding hydrogens is 214 g/mol. The van der Waals surface area contributed by atoms with Crippen molar-refractivity contribution in [1.29, 1.82) is 5.41 Å². The lowest BCUT2D eigenvalue weighted by atomic mass is 9.86. The number of nitrogens with one attached hydrogen (secondary N) is 1. The number of aliphatic hydroxyl groups excluding tert-OH is 1. The minimum Gasteiger partial charge on any atom is -0.395 e. The molecule has 0 atom stereocenters. The second-order valence-corrected chi connectivity index (χ2v) is 5.32. The first kappa shape index (κ1) is 16.4. The van der Waals surface area contributed by atoms with Crippen molar-refractivity contribution in [2.24, 2.45) is 11.1 Å². The van der Waals surface area contributed by atoms with Gasteiger partial charge in [0.15, 0.2) is 0 Å². The zero-order valence-electron chi connectivity index (χ0n) is 11.6. The summed E-state index contributed by atoms with van der Waals surface area (Å²) in [5, 5.41) is 16.5. The predicted molar refractivity (Wildman–Crippen MR) is 73.4 cm³/mol. The van der Waals surface area contributed by atoms with Crippen molar-refractivity contribution in [1.82, 2.24) is 4.90 Å². The van der Waals surface area contributed by atoms with Crippen LogP contribution in [0.15, 0.2) is 0 Å². The van der Waals surface area contributed by atoms with Crippen LogP contribution in [0.5, 0.6) is 0 Å². The highest BCUT2D eigenvalue weighted by Gasteiger charge is 2.21. The quantitative estimate of drug-likeness (QED) is 0.405. The molecule has 4 heteroatoms. The van der Waals surface area contributed by atoms with Gasteiger partial charge in [-0.1, -0.05) is 27.2 Å². The lowest BCUT2D eigenvalue weighted by Crippen LogP contribution is -2.33. The molecule has 0 aromatic carbocycles. The first-order valence-corrected chi connectivity index (χ1v) is 6.61. The van der Waals surface area contributed by atoms with E-state index in [0.717, 1.165) is 32.5 Å². The van der Waals surface area contributed by atoms with E-state index in [1.165, 1.54) is 12.8 Å². The van der Waals surface area contributed by atoms with Gasteiger partial charge in [0.1, 0.15) is 0 Å². The van der Waals surface area contributed by atoms with Gasteiger partial charge in [-0.2, -0.15) is 0 Å². The highest BCUT2D eigenvalue weighted by molar-refractivity contribution is 5.82. The lowest BCUT2D eigenvalue weighted by Gasteiger charge is -2.26. The molecule has 0 heterocycles. The number of rotatable bonds is 10. The first-order chi connectivity index (χ1) is 7.94. The number of unbranched alkanes of at least 4 members (excludes halogenated alkanes) is 1. The van der Waals surface area contributed by atoms with Gasteiger partial charge in [0, 0.05) is 12.0 Å². The number of nitrogens with two attached hydrogens (primary N) is 1. The summed E-state index contributed by atoms with van der Waals surface area (Å²) in [7, 11) is 0. The molecule has 0 aliphatic heterocycles. The maximum atomic E-state index is 8.99. The molecule has 102 valence electrons. The van der Waals surface area contributed by atoms with Crippen LogP contribution < -0.4 is 5.73 Å². The molecule has 17 heavy (non-hydrogen) atoms. The van der Waals surface area contributed by atoms with E-state index in [0.29, 0.717) is 0 Å². The summed E-state index contributed by atoms with van der Waals surface area (Å²) in [4.78, 5) is 2.29. The lowest BCUT2D eigenvalue weighted by molar-refractivity contribution is 0.188. The highest BCUT2D eigenvalue weighted by Crippen LogP contribution is 2.21. The van der Waals surface area contributed by atoms with Crippen molar-refractivity contribution < 1.29 is 5.11 Å². The Labute approximate surface area is 106 Å². The topological polar surface area (TPSA) is 73.3 Å². The molecule has 0 aliphatic carbocycles. The molecule has 4 nitrogen and oxygen atoms in total. The predicted octanol–water partition coefficient (Wildman–Crippen LogP) is 1.82. The van der Waals surface area contributed by atoms with Gasteiger partial charge in [-0.05, 0) is 32.4 Å². The van der Waals surface area contributed by atoms with E-state index >= 15 is 0 Å². The molecule has 4 N–H and O–H groups in total. The van der Waals surface area contributed by atoms with Crippen LogP contribution in [0.1, 0.15) is 46.5 Å². The summed E-state index contributed by atoms with van der Waals surface area (Å²) >= 11 is 0. The molecular formula is C13H29N3O. The van der Waals surface area contributed by atoms with Crippen molar-refractivity contribution in [3.8, 4) is 0 Å². The summed E-state index contributed by atoms with van der Waals surface area (Å²) in [5.74, 6) is 0.264. The number of aliphatic hydroxyl groups is 1. The Morgan fingerprint density at radius 2 is 1.82 bits per heavy atom. The zero-order valence-corrected chi connectivity index (χ0v) is 11.6. The van der Waals surface area contributed by atoms with Crippen molar-refractivity contribution in [2.75, 3.05) is 26.2 Å². The summed E-state index contributed by atoms with van der Waals surface area (Å²) in [6, 6.07) is 0. The van der Waals surface area contributed by atoms with Crippen LogP contribution >= 0.6 is 0 Å². The summed E-state index contributed by atoms with van der Waals surface area (Å²) in [5.41, 5.74) is 5.36. The monoisotopic (exact) mass is 243 g/mol. The third-order valence-corrected chi connectivity index (χ3v) is 3.25. The second-order valence-electron chi connectivity index (χ2n) is 5.32. The third kappa shape index (κ3) is 7.34. The molecule has 0 saturated heterocycles. The zero-order chi connectivity index (χ0) is 13.3. The Balaban J connectivity index is 3.92. The summed E-state index contributed by atoms with van der Waals surface area (Å²) in [6.07, 6.45) is 4.31. The fourth-order valence-corrected chi connectivity index (χ4v) is 1.74. The Bertz CT molecular complexity index is 217. The standard InChI is InChI=1S/C13H29N3O/c1-4-5-8-16(10-11-17)9-6-7-13(2,3)12(14)15/h17H,4-11H2,1-3H3,(H3,14,15). The van der Waals surface area contributed by atoms with E-state index in [1.807, 2.05) is 13.8 Å². The molecule has 0 saturated carbocycles. The van der Waals surface area contributed by atoms with Crippen LogP contribution in [0.2, 0.25) is 0 Å². The molecule has 0 fully saturated rings. The van der Waals surface area contributed by atoms with Gasteiger partial charge in [0.2, 0.25) is 0 Å². The largest absolute Gasteiger partial charge is 0.395 e. The minimum absolute atomic E-state index is 0.199. The molecule has 0 amide bonds. The van der Waals surface area contributed by atoms with Crippen molar-refractivity contribution in [3.63, 3.8) is 0 Å². The molecule has 0 aromatic heterocycles. The van der Waals surface area contributed by atoms with Gasteiger partial charge in [0.05, 0.1) is 12.4 Å². The normalized spacial score (nSPS) is 12.1. The Kier molecular flexibility index (Phi) is 8.17. The molecule has 0 bridgehead atoms. The van der Waals surface area contributed by atoms with Gasteiger partial charge in [-0.3, -0.25) is 5.41 Å². The fraction of sp³-hybridized carbons (Fsp3) is 0.923. The Morgan fingerprint density at radius 1 is 1.24 bits per heavy atom. The highest BCUT2D eigenvalue weighted by atomic mass is 16.3. The van der Waals surface area contributed by atoms with E-state index < -0.39 is 0 Å². The minimum atomic E-state index is -0.199. The van der Waals surface area contributed by atoms with E-state index in [4.69, 9.17) is 16.2 Å². The maximum Gasteiger partial charge on any atom is 0.0963 e. The SMILES string of the molecule is CCCCN(CCO)CCCC(C)(C)C(=N)N. The number of hydrogen-bond donors (Lipinski definition) is 3. The second kappa shape index (κ2) is 8.48. The van der Waals surface area contributed by atoms with Crippen molar-refractivity contribution in [2.45, 2.75) is 46.5 Å². The van der Waals surface area contributed by atoms with E-state index in [-0.39, 0.29) is 17.9 Å². The van der Waals surface area contributed by atoms with E-state index in [2.05, 4.69) is 11.8 Å². The van der Waals surface area contributed by atoms with Crippen molar-refractivity contribution in [3.05, 3.63) is 0 Å². The first-order valence-electron chi connectivity index (χ1n) is 6.61. The molecule has 0 radical (unpaired) electrons. The molecule has 0 spiro atoms. The summed E-state index contributed by atoms with van der Waals surface area (Å²) < 4.78 is 0. The van der Waals surface area contributed by atoms with E-state index in [1.54, 1.807) is 0 Å². The van der Waals surface area contributed by atoms with Gasteiger partial charge in [-0.25, -0.2) is 0 Å². The number of amidine groups is 1. The van der Waals surface area contributed by atoms with Gasteiger partial charge >= 0.3 is 0 Å². The number of nitrogens with zero attached hydrogens (tertiary/aromatic N) is 1. The third-order valence-electron chi connectivity index (χ3n) is 3.25. The Morgan fingerprint density at radius 3 is 2.29 bits per heavy atom. The maximum absolute atomic E-state index is 8.99. The van der Waals surface area contributed by atoms with Crippen LogP contribution in [-0.4, -0.2) is 42.1 Å². The van der Waals surface area contributed by atoms with Gasteiger partial charge in [0.25, 0.3) is 0 Å². The van der Waals surface area contributed by atoms with E-state index in [9.17, 15) is 0 Å². The summed E-state index contributed by atoms with van der Waals surface area (Å²) in [6.45, 7) is 9.21. The molecule has 0 aromatic rings. The van der Waals surface area contributed by atoms with Crippen LogP contribution in [0.4, 0.5) is 0 Å². The van der Waals surface area contributed by atoms with Crippen LogP contribution in [-0.2, 0) is 0 Å². The molecule has 0 aliphatic rings.